The molecule has 2 aliphatic rings. The summed E-state index contributed by atoms with van der Waals surface area (Å²) in [6.07, 6.45) is 0. The molecule has 0 spiro atoms. The monoisotopic (exact) mass is 296 g/mol. The summed E-state index contributed by atoms with van der Waals surface area (Å²) in [5.74, 6) is 1.22. The minimum atomic E-state index is 0.0258. The number of benzene rings is 1. The summed E-state index contributed by atoms with van der Waals surface area (Å²) in [5, 5.41) is 0.424. The Morgan fingerprint density at radius 1 is 1.20 bits per heavy atom. The van der Waals surface area contributed by atoms with E-state index in [1.807, 2.05) is 0 Å². The van der Waals surface area contributed by atoms with Gasteiger partial charge >= 0.3 is 0 Å². The summed E-state index contributed by atoms with van der Waals surface area (Å²) in [7, 11) is 2.09. The predicted octanol–water partition coefficient (Wildman–Crippen LogP) is 1.50. The first-order chi connectivity index (χ1) is 9.63. The van der Waals surface area contributed by atoms with Crippen molar-refractivity contribution in [3.05, 3.63) is 22.7 Å². The van der Waals surface area contributed by atoms with E-state index in [1.54, 1.807) is 12.1 Å². The largest absolute Gasteiger partial charge is 0.454 e. The Kier molecular flexibility index (Phi) is 3.83. The van der Waals surface area contributed by atoms with Crippen molar-refractivity contribution >= 4 is 17.4 Å². The zero-order valence-corrected chi connectivity index (χ0v) is 12.2. The first kappa shape index (κ1) is 13.7. The van der Waals surface area contributed by atoms with Gasteiger partial charge in [0.15, 0.2) is 17.3 Å². The number of fused-ring (bicyclic) bond motifs is 1. The summed E-state index contributed by atoms with van der Waals surface area (Å²) in [6, 6.07) is 3.34. The Morgan fingerprint density at radius 3 is 2.55 bits per heavy atom. The number of ether oxygens (including phenoxy) is 2. The highest BCUT2D eigenvalue weighted by molar-refractivity contribution is 6.34. The molecule has 0 saturated carbocycles. The second-order valence-electron chi connectivity index (χ2n) is 5.19. The molecular formula is C14H17ClN2O3. The summed E-state index contributed by atoms with van der Waals surface area (Å²) in [5.41, 5.74) is 0.509. The number of carbonyl (C=O) groups is 1. The highest BCUT2D eigenvalue weighted by Crippen LogP contribution is 2.36. The fourth-order valence-electron chi connectivity index (χ4n) is 2.43. The lowest BCUT2D eigenvalue weighted by Gasteiger charge is -2.31. The highest BCUT2D eigenvalue weighted by Gasteiger charge is 2.22. The van der Waals surface area contributed by atoms with Crippen molar-refractivity contribution in [2.45, 2.75) is 0 Å². The van der Waals surface area contributed by atoms with E-state index in [1.165, 1.54) is 0 Å². The first-order valence-corrected chi connectivity index (χ1v) is 7.04. The number of hydrogen-bond donors (Lipinski definition) is 0. The number of ketones is 1. The molecule has 0 atom stereocenters. The number of Topliss-reactive ketones (excluding diaryl/α,β-unsaturated/α-hetero) is 1. The average Bonchev–Trinajstić information content (AvgIpc) is 2.87. The van der Waals surface area contributed by atoms with Crippen molar-refractivity contribution in [1.29, 1.82) is 0 Å². The number of piperazine rings is 1. The van der Waals surface area contributed by atoms with Gasteiger partial charge in [0.25, 0.3) is 0 Å². The topological polar surface area (TPSA) is 42.0 Å². The molecule has 0 bridgehead atoms. The lowest BCUT2D eigenvalue weighted by molar-refractivity contribution is 0.0876. The fourth-order valence-corrected chi connectivity index (χ4v) is 2.68. The van der Waals surface area contributed by atoms with E-state index < -0.39 is 0 Å². The molecule has 20 heavy (non-hydrogen) atoms. The van der Waals surface area contributed by atoms with Crippen molar-refractivity contribution in [2.24, 2.45) is 0 Å². The van der Waals surface area contributed by atoms with Crippen molar-refractivity contribution in [3.63, 3.8) is 0 Å². The molecule has 1 saturated heterocycles. The van der Waals surface area contributed by atoms with Gasteiger partial charge < -0.3 is 14.4 Å². The van der Waals surface area contributed by atoms with Gasteiger partial charge in [-0.25, -0.2) is 0 Å². The molecule has 3 rings (SSSR count). The molecule has 1 aromatic carbocycles. The van der Waals surface area contributed by atoms with Crippen LogP contribution in [-0.2, 0) is 0 Å². The van der Waals surface area contributed by atoms with E-state index in [2.05, 4.69) is 16.8 Å². The summed E-state index contributed by atoms with van der Waals surface area (Å²) in [6.45, 7) is 4.37. The van der Waals surface area contributed by atoms with Crippen LogP contribution in [-0.4, -0.2) is 62.1 Å². The van der Waals surface area contributed by atoms with E-state index in [-0.39, 0.29) is 12.6 Å². The van der Waals surface area contributed by atoms with Crippen LogP contribution in [0.1, 0.15) is 10.4 Å². The molecule has 0 N–H and O–H groups in total. The number of carbonyl (C=O) groups excluding carboxylic acids is 1. The molecule has 0 radical (unpaired) electrons. The predicted molar refractivity (Wildman–Crippen MR) is 75.8 cm³/mol. The van der Waals surface area contributed by atoms with Crippen LogP contribution in [0.2, 0.25) is 5.02 Å². The number of rotatable bonds is 3. The lowest BCUT2D eigenvalue weighted by Crippen LogP contribution is -2.46. The molecule has 0 aliphatic carbocycles. The van der Waals surface area contributed by atoms with Gasteiger partial charge in [-0.05, 0) is 13.1 Å². The normalized spacial score (nSPS) is 19.3. The molecule has 0 aromatic heterocycles. The Hall–Kier alpha value is -1.30. The molecule has 0 amide bonds. The smallest absolute Gasteiger partial charge is 0.231 e. The third-order valence-corrected chi connectivity index (χ3v) is 4.04. The van der Waals surface area contributed by atoms with Gasteiger partial charge in [-0.1, -0.05) is 11.6 Å². The number of likely N-dealkylation sites (N-methyl/N-ethyl adjacent to an activating group) is 1. The van der Waals surface area contributed by atoms with Gasteiger partial charge in [-0.2, -0.15) is 0 Å². The molecule has 0 unspecified atom stereocenters. The van der Waals surface area contributed by atoms with Crippen LogP contribution >= 0.6 is 11.6 Å². The molecule has 2 aliphatic heterocycles. The molecule has 108 valence electrons. The zero-order chi connectivity index (χ0) is 14.1. The fraction of sp³-hybridized carbons (Fsp3) is 0.500. The molecule has 2 heterocycles. The Morgan fingerprint density at radius 2 is 1.85 bits per heavy atom. The summed E-state index contributed by atoms with van der Waals surface area (Å²) < 4.78 is 10.5. The molecule has 1 aromatic rings. The molecule has 5 nitrogen and oxygen atoms in total. The summed E-state index contributed by atoms with van der Waals surface area (Å²) >= 11 is 6.16. The number of nitrogens with zero attached hydrogens (tertiary/aromatic N) is 2. The minimum absolute atomic E-state index is 0.0258. The maximum Gasteiger partial charge on any atom is 0.231 e. The maximum atomic E-state index is 12.4. The van der Waals surface area contributed by atoms with Gasteiger partial charge in [0.1, 0.15) is 0 Å². The van der Waals surface area contributed by atoms with Crippen LogP contribution in [0, 0.1) is 0 Å². The maximum absolute atomic E-state index is 12.4. The molecular weight excluding hydrogens is 280 g/mol. The van der Waals surface area contributed by atoms with Crippen LogP contribution in [0.25, 0.3) is 0 Å². The van der Waals surface area contributed by atoms with E-state index in [0.717, 1.165) is 26.2 Å². The SMILES string of the molecule is CN1CCN(CC(=O)c2cc3c(cc2Cl)OCO3)CC1. The Labute approximate surface area is 123 Å². The standard InChI is InChI=1S/C14H17ClN2O3/c1-16-2-4-17(5-3-16)8-12(18)10-6-13-14(7-11(10)15)20-9-19-13/h6-7H,2-5,8-9H2,1H3. The average molecular weight is 297 g/mol. The second-order valence-corrected chi connectivity index (χ2v) is 5.60. The van der Waals surface area contributed by atoms with Crippen molar-refractivity contribution in [2.75, 3.05) is 46.6 Å². The second kappa shape index (κ2) is 5.60. The molecule has 6 heteroatoms. The third kappa shape index (κ3) is 2.75. The van der Waals surface area contributed by atoms with E-state index in [0.29, 0.717) is 28.6 Å². The van der Waals surface area contributed by atoms with E-state index in [9.17, 15) is 4.79 Å². The number of hydrogen-bond acceptors (Lipinski definition) is 5. The zero-order valence-electron chi connectivity index (χ0n) is 11.4. The molecule has 1 fully saturated rings. The van der Waals surface area contributed by atoms with E-state index >= 15 is 0 Å². The Bertz CT molecular complexity index is 527. The number of halogens is 1. The van der Waals surface area contributed by atoms with Crippen molar-refractivity contribution in [3.8, 4) is 11.5 Å². The van der Waals surface area contributed by atoms with Crippen LogP contribution in [0.3, 0.4) is 0 Å². The van der Waals surface area contributed by atoms with Crippen molar-refractivity contribution < 1.29 is 14.3 Å². The van der Waals surface area contributed by atoms with Crippen LogP contribution in [0.15, 0.2) is 12.1 Å². The minimum Gasteiger partial charge on any atom is -0.454 e. The van der Waals surface area contributed by atoms with Gasteiger partial charge in [0.2, 0.25) is 6.79 Å². The van der Waals surface area contributed by atoms with Gasteiger partial charge in [0, 0.05) is 37.8 Å². The Balaban J connectivity index is 1.71. The van der Waals surface area contributed by atoms with Crippen LogP contribution in [0.5, 0.6) is 11.5 Å². The quantitative estimate of drug-likeness (QED) is 0.791. The van der Waals surface area contributed by atoms with Gasteiger partial charge in [-0.15, -0.1) is 0 Å². The highest BCUT2D eigenvalue weighted by atomic mass is 35.5. The van der Waals surface area contributed by atoms with Gasteiger partial charge in [-0.3, -0.25) is 9.69 Å². The lowest BCUT2D eigenvalue weighted by atomic mass is 10.1. The van der Waals surface area contributed by atoms with Crippen LogP contribution < -0.4 is 9.47 Å². The van der Waals surface area contributed by atoms with E-state index in [4.69, 9.17) is 21.1 Å². The summed E-state index contributed by atoms with van der Waals surface area (Å²) in [4.78, 5) is 16.8. The van der Waals surface area contributed by atoms with Gasteiger partial charge in [0.05, 0.1) is 11.6 Å². The van der Waals surface area contributed by atoms with Crippen LogP contribution in [0.4, 0.5) is 0 Å². The third-order valence-electron chi connectivity index (χ3n) is 3.73. The first-order valence-electron chi connectivity index (χ1n) is 6.67. The van der Waals surface area contributed by atoms with Crippen molar-refractivity contribution in [1.82, 2.24) is 9.80 Å².